The summed E-state index contributed by atoms with van der Waals surface area (Å²) in [4.78, 5) is 25.6. The van der Waals surface area contributed by atoms with Gasteiger partial charge in [-0.05, 0) is 53.7 Å². The minimum atomic E-state index is -0.922. The Morgan fingerprint density at radius 1 is 1.40 bits per heavy atom. The topological polar surface area (TPSA) is 57.6 Å². The fourth-order valence-corrected chi connectivity index (χ4v) is 3.17. The van der Waals surface area contributed by atoms with E-state index < -0.39 is 12.0 Å². The number of aryl methyl sites for hydroxylation is 1. The van der Waals surface area contributed by atoms with Crippen molar-refractivity contribution in [2.75, 3.05) is 6.54 Å². The minimum absolute atomic E-state index is 0.0196. The monoisotopic (exact) mass is 339 g/mol. The Bertz CT molecular complexity index is 544. The fraction of sp³-hybridized carbons (Fsp3) is 0.467. The van der Waals surface area contributed by atoms with E-state index in [1.807, 2.05) is 26.0 Å². The third-order valence-corrected chi connectivity index (χ3v) is 4.49. The van der Waals surface area contributed by atoms with Crippen LogP contribution in [0.1, 0.15) is 35.7 Å². The number of aliphatic carboxylic acids is 1. The number of halogens is 1. The summed E-state index contributed by atoms with van der Waals surface area (Å²) in [6, 6.07) is 4.80. The van der Waals surface area contributed by atoms with Crippen LogP contribution in [0.15, 0.2) is 22.7 Å². The average Bonchev–Trinajstić information content (AvgIpc) is 2.40. The van der Waals surface area contributed by atoms with Gasteiger partial charge in [-0.15, -0.1) is 0 Å². The van der Waals surface area contributed by atoms with Crippen LogP contribution in [0.4, 0.5) is 0 Å². The van der Waals surface area contributed by atoms with Crippen LogP contribution in [-0.4, -0.2) is 34.5 Å². The molecular formula is C15H18BrNO3. The molecule has 1 fully saturated rings. The highest BCUT2D eigenvalue weighted by Gasteiger charge is 2.37. The van der Waals surface area contributed by atoms with Gasteiger partial charge in [0.05, 0.1) is 5.56 Å². The molecule has 0 saturated carbocycles. The molecule has 2 rings (SSSR count). The van der Waals surface area contributed by atoms with Crippen molar-refractivity contribution in [3.63, 3.8) is 0 Å². The number of carboxylic acids is 1. The van der Waals surface area contributed by atoms with Crippen LogP contribution < -0.4 is 0 Å². The Balaban J connectivity index is 2.35. The van der Waals surface area contributed by atoms with Gasteiger partial charge in [-0.25, -0.2) is 4.79 Å². The SMILES string of the molecule is Cc1ccc(Br)c(C(=O)N2CCCC(C)C2C(=O)O)c1. The maximum absolute atomic E-state index is 12.7. The molecule has 2 atom stereocenters. The van der Waals surface area contributed by atoms with Crippen molar-refractivity contribution in [1.29, 1.82) is 0 Å². The third kappa shape index (κ3) is 2.87. The van der Waals surface area contributed by atoms with Gasteiger partial charge in [0.15, 0.2) is 0 Å². The van der Waals surface area contributed by atoms with Gasteiger partial charge in [-0.3, -0.25) is 4.79 Å². The molecule has 1 N–H and O–H groups in total. The van der Waals surface area contributed by atoms with Gasteiger partial charge in [0.1, 0.15) is 6.04 Å². The Labute approximate surface area is 126 Å². The molecule has 1 heterocycles. The zero-order valence-corrected chi connectivity index (χ0v) is 13.2. The quantitative estimate of drug-likeness (QED) is 0.900. The minimum Gasteiger partial charge on any atom is -0.480 e. The van der Waals surface area contributed by atoms with Crippen molar-refractivity contribution in [1.82, 2.24) is 4.90 Å². The molecule has 1 aromatic carbocycles. The summed E-state index contributed by atoms with van der Waals surface area (Å²) in [5.74, 6) is -1.15. The van der Waals surface area contributed by atoms with Gasteiger partial charge in [-0.1, -0.05) is 18.6 Å². The van der Waals surface area contributed by atoms with Crippen LogP contribution in [0.5, 0.6) is 0 Å². The van der Waals surface area contributed by atoms with Crippen LogP contribution in [0.25, 0.3) is 0 Å². The summed E-state index contributed by atoms with van der Waals surface area (Å²) >= 11 is 3.37. The molecule has 1 aliphatic heterocycles. The van der Waals surface area contributed by atoms with E-state index in [1.54, 1.807) is 6.07 Å². The van der Waals surface area contributed by atoms with E-state index in [1.165, 1.54) is 4.90 Å². The number of hydrogen-bond acceptors (Lipinski definition) is 2. The molecule has 108 valence electrons. The van der Waals surface area contributed by atoms with Crippen LogP contribution >= 0.6 is 15.9 Å². The number of carboxylic acid groups (broad SMARTS) is 1. The molecule has 0 aromatic heterocycles. The Morgan fingerprint density at radius 3 is 2.75 bits per heavy atom. The summed E-state index contributed by atoms with van der Waals surface area (Å²) in [6.45, 7) is 4.31. The summed E-state index contributed by atoms with van der Waals surface area (Å²) in [7, 11) is 0. The van der Waals surface area contributed by atoms with Gasteiger partial charge in [-0.2, -0.15) is 0 Å². The largest absolute Gasteiger partial charge is 0.480 e. The molecular weight excluding hydrogens is 322 g/mol. The van der Waals surface area contributed by atoms with E-state index in [9.17, 15) is 14.7 Å². The van der Waals surface area contributed by atoms with Gasteiger partial charge < -0.3 is 10.0 Å². The number of nitrogens with zero attached hydrogens (tertiary/aromatic N) is 1. The maximum atomic E-state index is 12.7. The number of amides is 1. The summed E-state index contributed by atoms with van der Waals surface area (Å²) in [5.41, 5.74) is 1.51. The maximum Gasteiger partial charge on any atom is 0.326 e. The number of hydrogen-bond donors (Lipinski definition) is 1. The zero-order chi connectivity index (χ0) is 14.9. The molecule has 0 spiro atoms. The Hall–Kier alpha value is -1.36. The average molecular weight is 340 g/mol. The predicted molar refractivity (Wildman–Crippen MR) is 79.7 cm³/mol. The predicted octanol–water partition coefficient (Wildman–Crippen LogP) is 3.08. The number of piperidine rings is 1. The molecule has 1 aliphatic rings. The van der Waals surface area contributed by atoms with E-state index in [2.05, 4.69) is 15.9 Å². The smallest absolute Gasteiger partial charge is 0.326 e. The number of carbonyl (C=O) groups excluding carboxylic acids is 1. The number of carbonyl (C=O) groups is 2. The molecule has 1 saturated heterocycles. The molecule has 4 nitrogen and oxygen atoms in total. The lowest BCUT2D eigenvalue weighted by Gasteiger charge is -2.37. The highest BCUT2D eigenvalue weighted by molar-refractivity contribution is 9.10. The summed E-state index contributed by atoms with van der Waals surface area (Å²) in [6.07, 6.45) is 1.69. The van der Waals surface area contributed by atoms with Gasteiger partial charge in [0.2, 0.25) is 0 Å². The molecule has 2 unspecified atom stereocenters. The first-order valence-electron chi connectivity index (χ1n) is 6.71. The highest BCUT2D eigenvalue weighted by Crippen LogP contribution is 2.27. The second-order valence-electron chi connectivity index (χ2n) is 5.38. The third-order valence-electron chi connectivity index (χ3n) is 3.80. The van der Waals surface area contributed by atoms with Crippen molar-refractivity contribution in [2.45, 2.75) is 32.7 Å². The number of likely N-dealkylation sites (tertiary alicyclic amines) is 1. The Kier molecular flexibility index (Phi) is 4.48. The Morgan fingerprint density at radius 2 is 2.10 bits per heavy atom. The van der Waals surface area contributed by atoms with Crippen molar-refractivity contribution in [3.05, 3.63) is 33.8 Å². The zero-order valence-electron chi connectivity index (χ0n) is 11.6. The van der Waals surface area contributed by atoms with Crippen LogP contribution in [0.3, 0.4) is 0 Å². The molecule has 0 radical (unpaired) electrons. The van der Waals surface area contributed by atoms with E-state index in [4.69, 9.17) is 0 Å². The lowest BCUT2D eigenvalue weighted by molar-refractivity contribution is -0.145. The highest BCUT2D eigenvalue weighted by atomic mass is 79.9. The van der Waals surface area contributed by atoms with Crippen molar-refractivity contribution in [3.8, 4) is 0 Å². The van der Waals surface area contributed by atoms with Gasteiger partial charge in [0.25, 0.3) is 5.91 Å². The van der Waals surface area contributed by atoms with Crippen molar-refractivity contribution in [2.24, 2.45) is 5.92 Å². The second-order valence-corrected chi connectivity index (χ2v) is 6.24. The van der Waals surface area contributed by atoms with Crippen LogP contribution in [0.2, 0.25) is 0 Å². The van der Waals surface area contributed by atoms with E-state index in [0.29, 0.717) is 16.6 Å². The standard InChI is InChI=1S/C15H18BrNO3/c1-9-5-6-12(16)11(8-9)14(18)17-7-3-4-10(2)13(17)15(19)20/h5-6,8,10,13H,3-4,7H2,1-2H3,(H,19,20). The van der Waals surface area contributed by atoms with Gasteiger partial charge in [0, 0.05) is 11.0 Å². The number of rotatable bonds is 2. The molecule has 0 aliphatic carbocycles. The number of benzene rings is 1. The molecule has 20 heavy (non-hydrogen) atoms. The lowest BCUT2D eigenvalue weighted by Crippen LogP contribution is -2.52. The first-order valence-corrected chi connectivity index (χ1v) is 7.51. The normalized spacial score (nSPS) is 22.6. The van der Waals surface area contributed by atoms with E-state index >= 15 is 0 Å². The molecule has 0 bridgehead atoms. The first kappa shape index (κ1) is 15.0. The van der Waals surface area contributed by atoms with E-state index in [-0.39, 0.29) is 11.8 Å². The second kappa shape index (κ2) is 5.95. The summed E-state index contributed by atoms with van der Waals surface area (Å²) in [5, 5.41) is 9.39. The summed E-state index contributed by atoms with van der Waals surface area (Å²) < 4.78 is 0.704. The van der Waals surface area contributed by atoms with Crippen molar-refractivity contribution >= 4 is 27.8 Å². The molecule has 1 amide bonds. The van der Waals surface area contributed by atoms with Gasteiger partial charge >= 0.3 is 5.97 Å². The van der Waals surface area contributed by atoms with Crippen LogP contribution in [-0.2, 0) is 4.79 Å². The van der Waals surface area contributed by atoms with Crippen molar-refractivity contribution < 1.29 is 14.7 Å². The molecule has 1 aromatic rings. The lowest BCUT2D eigenvalue weighted by atomic mass is 9.90. The van der Waals surface area contributed by atoms with Crippen LogP contribution in [0, 0.1) is 12.8 Å². The van der Waals surface area contributed by atoms with E-state index in [0.717, 1.165) is 18.4 Å². The first-order chi connectivity index (χ1) is 9.41. The fourth-order valence-electron chi connectivity index (χ4n) is 2.75. The molecule has 5 heteroatoms.